The predicted molar refractivity (Wildman–Crippen MR) is 115 cm³/mol. The van der Waals surface area contributed by atoms with Gasteiger partial charge in [0.15, 0.2) is 5.82 Å². The molecule has 0 radical (unpaired) electrons. The van der Waals surface area contributed by atoms with Crippen LogP contribution in [0.25, 0.3) is 10.9 Å². The maximum atomic E-state index is 14.3. The van der Waals surface area contributed by atoms with Crippen molar-refractivity contribution in [3.63, 3.8) is 0 Å². The fourth-order valence-corrected chi connectivity index (χ4v) is 4.80. The van der Waals surface area contributed by atoms with E-state index in [1.165, 1.54) is 12.1 Å². The van der Waals surface area contributed by atoms with Crippen LogP contribution in [0.4, 0.5) is 20.3 Å². The molecule has 3 aromatic rings. The van der Waals surface area contributed by atoms with Crippen LogP contribution in [0.2, 0.25) is 0 Å². The number of pyridine rings is 1. The van der Waals surface area contributed by atoms with E-state index in [1.54, 1.807) is 0 Å². The van der Waals surface area contributed by atoms with E-state index in [1.807, 2.05) is 20.8 Å². The average molecular weight is 425 g/mol. The Morgan fingerprint density at radius 3 is 2.52 bits per heavy atom. The zero-order chi connectivity index (χ0) is 21.7. The summed E-state index contributed by atoms with van der Waals surface area (Å²) in [6, 6.07) is 6.01. The van der Waals surface area contributed by atoms with Crippen LogP contribution in [0.15, 0.2) is 24.3 Å². The van der Waals surface area contributed by atoms with Gasteiger partial charge in [-0.25, -0.2) is 13.8 Å². The van der Waals surface area contributed by atoms with Gasteiger partial charge in [-0.3, -0.25) is 0 Å². The fraction of sp³-hybridized carbons (Fsp3) is 0.435. The Kier molecular flexibility index (Phi) is 4.97. The Morgan fingerprint density at radius 1 is 1.06 bits per heavy atom. The Labute approximate surface area is 179 Å². The predicted octanol–water partition coefficient (Wildman–Crippen LogP) is 4.46. The summed E-state index contributed by atoms with van der Waals surface area (Å²) in [5.41, 5.74) is 3.90. The Hall–Kier alpha value is -2.87. The van der Waals surface area contributed by atoms with E-state index in [-0.39, 0.29) is 0 Å². The first-order valence-electron chi connectivity index (χ1n) is 10.6. The number of hydrogen-bond donors (Lipinski definition) is 1. The number of nitrogens with zero attached hydrogens (tertiary/aromatic N) is 4. The van der Waals surface area contributed by atoms with Gasteiger partial charge in [-0.15, -0.1) is 5.10 Å². The van der Waals surface area contributed by atoms with Gasteiger partial charge in [0.2, 0.25) is 0 Å². The van der Waals surface area contributed by atoms with E-state index in [9.17, 15) is 8.78 Å². The number of ether oxygens (including phenoxy) is 1. The van der Waals surface area contributed by atoms with E-state index in [4.69, 9.17) is 9.72 Å². The van der Waals surface area contributed by atoms with E-state index >= 15 is 0 Å². The second kappa shape index (κ2) is 7.67. The lowest BCUT2D eigenvalue weighted by molar-refractivity contribution is 0.0906. The molecule has 0 spiro atoms. The number of aryl methyl sites for hydroxylation is 2. The molecule has 0 aliphatic carbocycles. The van der Waals surface area contributed by atoms with Crippen molar-refractivity contribution in [1.29, 1.82) is 0 Å². The molecule has 5 rings (SSSR count). The van der Waals surface area contributed by atoms with Crippen molar-refractivity contribution in [3.05, 3.63) is 52.9 Å². The molecule has 0 amide bonds. The van der Waals surface area contributed by atoms with Gasteiger partial charge in [0.1, 0.15) is 11.6 Å². The van der Waals surface area contributed by atoms with Crippen LogP contribution in [0.5, 0.6) is 0 Å². The molecule has 2 unspecified atom stereocenters. The topological polar surface area (TPSA) is 63.2 Å². The minimum absolute atomic E-state index is 0.358. The minimum atomic E-state index is -0.599. The number of aromatic nitrogens is 3. The van der Waals surface area contributed by atoms with E-state index in [2.05, 4.69) is 26.5 Å². The first-order valence-corrected chi connectivity index (χ1v) is 10.6. The molecule has 162 valence electrons. The summed E-state index contributed by atoms with van der Waals surface area (Å²) < 4.78 is 33.3. The quantitative estimate of drug-likeness (QED) is 0.666. The lowest BCUT2D eigenvalue weighted by Crippen LogP contribution is -2.46. The highest BCUT2D eigenvalue weighted by molar-refractivity contribution is 5.93. The SMILES string of the molecule is Cc1nc2c(C)nnc(N[C@H](C)c3ccc(F)cc3F)c2cc1N1C2CCC1COC2. The van der Waals surface area contributed by atoms with Gasteiger partial charge in [-0.05, 0) is 45.7 Å². The number of nitrogens with one attached hydrogen (secondary N) is 1. The maximum absolute atomic E-state index is 14.3. The van der Waals surface area contributed by atoms with Crippen molar-refractivity contribution in [2.45, 2.75) is 51.7 Å². The molecule has 1 N–H and O–H groups in total. The van der Waals surface area contributed by atoms with Crippen LogP contribution in [0, 0.1) is 25.5 Å². The molecule has 8 heteroatoms. The molecule has 2 saturated heterocycles. The van der Waals surface area contributed by atoms with Crippen LogP contribution >= 0.6 is 0 Å². The number of fused-ring (bicyclic) bond motifs is 3. The smallest absolute Gasteiger partial charge is 0.158 e. The molecule has 2 fully saturated rings. The summed E-state index contributed by atoms with van der Waals surface area (Å²) in [6.45, 7) is 7.18. The molecular weight excluding hydrogens is 400 g/mol. The standard InChI is InChI=1S/C23H25F2N5O/c1-12(18-7-4-15(24)8-20(18)25)27-23-19-9-21(13(2)26-22(19)14(3)28-29-23)30-16-5-6-17(30)11-31-10-16/h4,7-9,12,16-17H,5-6,10-11H2,1-3H3,(H,27,29)/t12-,16?,17?/m1/s1. The average Bonchev–Trinajstić information content (AvgIpc) is 2.97. The van der Waals surface area contributed by atoms with Crippen LogP contribution in [0.1, 0.15) is 42.8 Å². The lowest BCUT2D eigenvalue weighted by Gasteiger charge is -2.37. The zero-order valence-electron chi connectivity index (χ0n) is 17.8. The van der Waals surface area contributed by atoms with Gasteiger partial charge in [0.05, 0.1) is 53.9 Å². The fourth-order valence-electron chi connectivity index (χ4n) is 4.80. The van der Waals surface area contributed by atoms with E-state index < -0.39 is 17.7 Å². The third-order valence-electron chi connectivity index (χ3n) is 6.38. The molecule has 2 aromatic heterocycles. The van der Waals surface area contributed by atoms with Crippen LogP contribution < -0.4 is 10.2 Å². The van der Waals surface area contributed by atoms with E-state index in [0.717, 1.165) is 60.1 Å². The van der Waals surface area contributed by atoms with Gasteiger partial charge >= 0.3 is 0 Å². The highest BCUT2D eigenvalue weighted by Gasteiger charge is 2.38. The molecule has 1 aromatic carbocycles. The molecule has 0 saturated carbocycles. The highest BCUT2D eigenvalue weighted by Crippen LogP contribution is 2.38. The molecule has 2 aliphatic rings. The summed E-state index contributed by atoms with van der Waals surface area (Å²) in [5.74, 6) is -0.659. The molecule has 4 heterocycles. The highest BCUT2D eigenvalue weighted by atomic mass is 19.1. The first-order chi connectivity index (χ1) is 14.9. The second-order valence-electron chi connectivity index (χ2n) is 8.48. The van der Waals surface area contributed by atoms with Crippen LogP contribution in [-0.4, -0.2) is 40.5 Å². The number of hydrogen-bond acceptors (Lipinski definition) is 6. The molecule has 31 heavy (non-hydrogen) atoms. The summed E-state index contributed by atoms with van der Waals surface area (Å²) in [5, 5.41) is 12.7. The van der Waals surface area contributed by atoms with Gasteiger partial charge in [0.25, 0.3) is 0 Å². The first kappa shape index (κ1) is 20.1. The molecular formula is C23H25F2N5O. The number of anilines is 2. The maximum Gasteiger partial charge on any atom is 0.158 e. The second-order valence-corrected chi connectivity index (χ2v) is 8.48. The zero-order valence-corrected chi connectivity index (χ0v) is 17.8. The Bertz CT molecular complexity index is 1140. The van der Waals surface area contributed by atoms with Crippen molar-refractivity contribution >= 4 is 22.4 Å². The van der Waals surface area contributed by atoms with Crippen molar-refractivity contribution in [3.8, 4) is 0 Å². The van der Waals surface area contributed by atoms with Crippen molar-refractivity contribution in [2.24, 2.45) is 0 Å². The largest absolute Gasteiger partial charge is 0.377 e. The molecule has 2 aliphatic heterocycles. The molecule has 2 bridgehead atoms. The van der Waals surface area contributed by atoms with Crippen molar-refractivity contribution in [2.75, 3.05) is 23.4 Å². The van der Waals surface area contributed by atoms with Gasteiger partial charge in [-0.2, -0.15) is 5.10 Å². The number of rotatable bonds is 4. The number of halogens is 2. The lowest BCUT2D eigenvalue weighted by atomic mass is 10.1. The summed E-state index contributed by atoms with van der Waals surface area (Å²) in [6.07, 6.45) is 2.23. The molecule has 3 atom stereocenters. The summed E-state index contributed by atoms with van der Waals surface area (Å²) in [4.78, 5) is 7.31. The van der Waals surface area contributed by atoms with Gasteiger partial charge < -0.3 is 15.0 Å². The summed E-state index contributed by atoms with van der Waals surface area (Å²) in [7, 11) is 0. The third-order valence-corrected chi connectivity index (χ3v) is 6.38. The Balaban J connectivity index is 1.56. The van der Waals surface area contributed by atoms with Crippen LogP contribution in [0.3, 0.4) is 0 Å². The van der Waals surface area contributed by atoms with E-state index in [0.29, 0.717) is 23.5 Å². The van der Waals surface area contributed by atoms with Crippen LogP contribution in [-0.2, 0) is 4.74 Å². The van der Waals surface area contributed by atoms with Crippen molar-refractivity contribution in [1.82, 2.24) is 15.2 Å². The van der Waals surface area contributed by atoms with Crippen molar-refractivity contribution < 1.29 is 13.5 Å². The molecule has 6 nitrogen and oxygen atoms in total. The van der Waals surface area contributed by atoms with Gasteiger partial charge in [0, 0.05) is 17.0 Å². The Morgan fingerprint density at radius 2 is 1.81 bits per heavy atom. The monoisotopic (exact) mass is 425 g/mol. The summed E-state index contributed by atoms with van der Waals surface area (Å²) >= 11 is 0. The third kappa shape index (κ3) is 3.48. The van der Waals surface area contributed by atoms with Gasteiger partial charge in [-0.1, -0.05) is 6.07 Å². The minimum Gasteiger partial charge on any atom is -0.377 e. The normalized spacial score (nSPS) is 21.5. The number of morpholine rings is 1. The number of benzene rings is 1.